The molecule has 26 heavy (non-hydrogen) atoms. The molecule has 1 amide bonds. The standard InChI is InChI=1S/C20H21NO5/c1-25-17-10-14(20(23)24)9-16(19(17)26-2)21-18(22)11-13-8-15(13)12-6-4-3-5-7-12/h3-7,9-10,13,15H,8,11H2,1-2H3,(H,21,22)(H,23,24)/t13-,15-/m0/s1. The summed E-state index contributed by atoms with van der Waals surface area (Å²) in [6.07, 6.45) is 1.36. The summed E-state index contributed by atoms with van der Waals surface area (Å²) in [5.41, 5.74) is 1.56. The highest BCUT2D eigenvalue weighted by molar-refractivity contribution is 5.97. The van der Waals surface area contributed by atoms with Gasteiger partial charge in [-0.25, -0.2) is 4.79 Å². The molecule has 1 aliphatic carbocycles. The van der Waals surface area contributed by atoms with Crippen molar-refractivity contribution < 1.29 is 24.2 Å². The Morgan fingerprint density at radius 3 is 2.50 bits per heavy atom. The van der Waals surface area contributed by atoms with E-state index in [-0.39, 0.29) is 17.2 Å². The molecule has 0 radical (unpaired) electrons. The molecule has 1 saturated carbocycles. The zero-order valence-corrected chi connectivity index (χ0v) is 14.7. The zero-order chi connectivity index (χ0) is 18.7. The van der Waals surface area contributed by atoms with Gasteiger partial charge in [-0.05, 0) is 36.0 Å². The molecule has 0 heterocycles. The minimum atomic E-state index is -1.10. The number of hydrogen-bond acceptors (Lipinski definition) is 4. The normalized spacial score (nSPS) is 18.1. The second-order valence-electron chi connectivity index (χ2n) is 6.33. The van der Waals surface area contributed by atoms with Gasteiger partial charge < -0.3 is 19.9 Å². The Labute approximate surface area is 151 Å². The number of carboxylic acids is 1. The second kappa shape index (κ2) is 7.47. The fourth-order valence-corrected chi connectivity index (χ4v) is 3.20. The molecule has 6 heteroatoms. The number of ether oxygens (including phenoxy) is 2. The molecule has 136 valence electrons. The highest BCUT2D eigenvalue weighted by Crippen LogP contribution is 2.49. The molecule has 2 atom stereocenters. The number of nitrogens with one attached hydrogen (secondary N) is 1. The van der Waals surface area contributed by atoms with Crippen molar-refractivity contribution in [2.45, 2.75) is 18.8 Å². The Bertz CT molecular complexity index is 818. The molecule has 0 aromatic heterocycles. The van der Waals surface area contributed by atoms with Crippen molar-refractivity contribution in [3.8, 4) is 11.5 Å². The average molecular weight is 355 g/mol. The highest BCUT2D eigenvalue weighted by Gasteiger charge is 2.39. The Hall–Kier alpha value is -3.02. The van der Waals surface area contributed by atoms with Crippen LogP contribution in [0.3, 0.4) is 0 Å². The number of methoxy groups -OCH3 is 2. The maximum Gasteiger partial charge on any atom is 0.335 e. The van der Waals surface area contributed by atoms with Crippen molar-refractivity contribution in [3.63, 3.8) is 0 Å². The van der Waals surface area contributed by atoms with Gasteiger partial charge in [0.25, 0.3) is 0 Å². The van der Waals surface area contributed by atoms with Crippen molar-refractivity contribution >= 4 is 17.6 Å². The van der Waals surface area contributed by atoms with Crippen LogP contribution in [0.5, 0.6) is 11.5 Å². The van der Waals surface area contributed by atoms with Crippen LogP contribution in [0.1, 0.15) is 34.7 Å². The first-order valence-corrected chi connectivity index (χ1v) is 8.37. The quantitative estimate of drug-likeness (QED) is 0.794. The van der Waals surface area contributed by atoms with E-state index < -0.39 is 5.97 Å². The molecule has 1 fully saturated rings. The number of rotatable bonds is 7. The van der Waals surface area contributed by atoms with Crippen LogP contribution in [0.4, 0.5) is 5.69 Å². The fourth-order valence-electron chi connectivity index (χ4n) is 3.20. The van der Waals surface area contributed by atoms with Crippen molar-refractivity contribution in [3.05, 3.63) is 53.6 Å². The number of carbonyl (C=O) groups excluding carboxylic acids is 1. The van der Waals surface area contributed by atoms with Gasteiger partial charge in [0.05, 0.1) is 25.5 Å². The van der Waals surface area contributed by atoms with E-state index in [4.69, 9.17) is 9.47 Å². The van der Waals surface area contributed by atoms with Crippen molar-refractivity contribution in [1.29, 1.82) is 0 Å². The molecule has 0 unspecified atom stereocenters. The Morgan fingerprint density at radius 1 is 1.15 bits per heavy atom. The highest BCUT2D eigenvalue weighted by atomic mass is 16.5. The van der Waals surface area contributed by atoms with Gasteiger partial charge in [-0.1, -0.05) is 30.3 Å². The third-order valence-electron chi connectivity index (χ3n) is 4.60. The van der Waals surface area contributed by atoms with Crippen molar-refractivity contribution in [1.82, 2.24) is 0 Å². The van der Waals surface area contributed by atoms with Gasteiger partial charge in [-0.15, -0.1) is 0 Å². The van der Waals surface area contributed by atoms with E-state index in [1.54, 1.807) is 0 Å². The van der Waals surface area contributed by atoms with Crippen molar-refractivity contribution in [2.75, 3.05) is 19.5 Å². The Kier molecular flexibility index (Phi) is 5.11. The summed E-state index contributed by atoms with van der Waals surface area (Å²) in [4.78, 5) is 23.7. The van der Waals surface area contributed by atoms with Gasteiger partial charge in [0, 0.05) is 6.42 Å². The first-order valence-electron chi connectivity index (χ1n) is 8.37. The predicted octanol–water partition coefficient (Wildman–Crippen LogP) is 3.53. The van der Waals surface area contributed by atoms with Gasteiger partial charge in [0.2, 0.25) is 5.91 Å². The van der Waals surface area contributed by atoms with E-state index in [1.807, 2.05) is 18.2 Å². The first kappa shape index (κ1) is 17.8. The first-order chi connectivity index (χ1) is 12.5. The molecule has 0 aliphatic heterocycles. The minimum Gasteiger partial charge on any atom is -0.493 e. The topological polar surface area (TPSA) is 84.9 Å². The van der Waals surface area contributed by atoms with Crippen LogP contribution in [0.25, 0.3) is 0 Å². The summed E-state index contributed by atoms with van der Waals surface area (Å²) in [5, 5.41) is 12.0. The van der Waals surface area contributed by atoms with Gasteiger partial charge in [-0.2, -0.15) is 0 Å². The predicted molar refractivity (Wildman–Crippen MR) is 97.0 cm³/mol. The number of amides is 1. The molecule has 0 saturated heterocycles. The molecular formula is C20H21NO5. The van der Waals surface area contributed by atoms with Crippen LogP contribution in [0.2, 0.25) is 0 Å². The van der Waals surface area contributed by atoms with Crippen LogP contribution < -0.4 is 14.8 Å². The average Bonchev–Trinajstić information content (AvgIpc) is 3.40. The van der Waals surface area contributed by atoms with Crippen LogP contribution in [-0.2, 0) is 4.79 Å². The van der Waals surface area contributed by atoms with E-state index in [1.165, 1.54) is 31.9 Å². The molecule has 2 aromatic rings. The summed E-state index contributed by atoms with van der Waals surface area (Å²) in [6.45, 7) is 0. The number of carboxylic acid groups (broad SMARTS) is 1. The molecule has 2 aromatic carbocycles. The van der Waals surface area contributed by atoms with Crippen molar-refractivity contribution in [2.24, 2.45) is 5.92 Å². The lowest BCUT2D eigenvalue weighted by Gasteiger charge is -2.15. The molecular weight excluding hydrogens is 334 g/mol. The zero-order valence-electron chi connectivity index (χ0n) is 14.7. The van der Waals surface area contributed by atoms with E-state index >= 15 is 0 Å². The monoisotopic (exact) mass is 355 g/mol. The summed E-state index contributed by atoms with van der Waals surface area (Å²) in [5.74, 6) is -0.00154. The Morgan fingerprint density at radius 2 is 1.88 bits per heavy atom. The van der Waals surface area contributed by atoms with E-state index in [0.717, 1.165) is 6.42 Å². The maximum absolute atomic E-state index is 12.4. The molecule has 0 spiro atoms. The van der Waals surface area contributed by atoms with Crippen LogP contribution in [0, 0.1) is 5.92 Å². The summed E-state index contributed by atoms with van der Waals surface area (Å²) < 4.78 is 10.5. The summed E-state index contributed by atoms with van der Waals surface area (Å²) in [7, 11) is 2.87. The smallest absolute Gasteiger partial charge is 0.335 e. The largest absolute Gasteiger partial charge is 0.493 e. The van der Waals surface area contributed by atoms with Gasteiger partial charge >= 0.3 is 5.97 Å². The molecule has 2 N–H and O–H groups in total. The number of aromatic carboxylic acids is 1. The second-order valence-corrected chi connectivity index (χ2v) is 6.33. The molecule has 0 bridgehead atoms. The summed E-state index contributed by atoms with van der Waals surface area (Å²) >= 11 is 0. The van der Waals surface area contributed by atoms with E-state index in [0.29, 0.717) is 29.7 Å². The number of carbonyl (C=O) groups is 2. The van der Waals surface area contributed by atoms with Gasteiger partial charge in [0.1, 0.15) is 0 Å². The molecule has 1 aliphatic rings. The van der Waals surface area contributed by atoms with Crippen LogP contribution in [0.15, 0.2) is 42.5 Å². The maximum atomic E-state index is 12.4. The number of benzene rings is 2. The summed E-state index contributed by atoms with van der Waals surface area (Å²) in [6, 6.07) is 12.9. The van der Waals surface area contributed by atoms with E-state index in [9.17, 15) is 14.7 Å². The molecule has 6 nitrogen and oxygen atoms in total. The lowest BCUT2D eigenvalue weighted by atomic mass is 10.1. The lowest BCUT2D eigenvalue weighted by molar-refractivity contribution is -0.116. The van der Waals surface area contributed by atoms with Crippen LogP contribution in [-0.4, -0.2) is 31.2 Å². The molecule has 3 rings (SSSR count). The van der Waals surface area contributed by atoms with Gasteiger partial charge in [0.15, 0.2) is 11.5 Å². The third kappa shape index (κ3) is 3.79. The number of anilines is 1. The SMILES string of the molecule is COc1cc(C(=O)O)cc(NC(=O)C[C@@H]2C[C@H]2c2ccccc2)c1OC. The van der Waals surface area contributed by atoms with E-state index in [2.05, 4.69) is 17.4 Å². The fraction of sp³-hybridized carbons (Fsp3) is 0.300. The Balaban J connectivity index is 1.71. The van der Waals surface area contributed by atoms with Crippen LogP contribution >= 0.6 is 0 Å². The minimum absolute atomic E-state index is 0.0199. The third-order valence-corrected chi connectivity index (χ3v) is 4.60. The van der Waals surface area contributed by atoms with Gasteiger partial charge in [-0.3, -0.25) is 4.79 Å². The lowest BCUT2D eigenvalue weighted by Crippen LogP contribution is -2.14. The number of hydrogen-bond donors (Lipinski definition) is 2.